The normalized spacial score (nSPS) is 15.4. The van der Waals surface area contributed by atoms with E-state index in [0.717, 1.165) is 13.0 Å². The highest BCUT2D eigenvalue weighted by molar-refractivity contribution is 4.62. The lowest BCUT2D eigenvalue weighted by molar-refractivity contribution is 0.0784. The second kappa shape index (κ2) is 9.44. The van der Waals surface area contributed by atoms with Crippen LogP contribution in [0.4, 0.5) is 0 Å². The van der Waals surface area contributed by atoms with Crippen LogP contribution in [0.2, 0.25) is 0 Å². The summed E-state index contributed by atoms with van der Waals surface area (Å²) < 4.78 is 5.58. The van der Waals surface area contributed by atoms with E-state index >= 15 is 0 Å². The second-order valence-corrected chi connectivity index (χ2v) is 3.93. The van der Waals surface area contributed by atoms with Crippen LogP contribution < -0.4 is 5.32 Å². The van der Waals surface area contributed by atoms with Crippen molar-refractivity contribution in [1.29, 1.82) is 0 Å². The number of aliphatic hydroxyl groups excluding tert-OH is 1. The quantitative estimate of drug-likeness (QED) is 0.595. The molecule has 0 aliphatic heterocycles. The van der Waals surface area contributed by atoms with Crippen molar-refractivity contribution in [1.82, 2.24) is 5.32 Å². The molecule has 86 valence electrons. The van der Waals surface area contributed by atoms with Crippen LogP contribution in [0.5, 0.6) is 0 Å². The fourth-order valence-corrected chi connectivity index (χ4v) is 1.45. The van der Waals surface area contributed by atoms with Crippen LogP contribution in [-0.2, 0) is 4.74 Å². The summed E-state index contributed by atoms with van der Waals surface area (Å²) in [6.07, 6.45) is 3.21. The average Bonchev–Trinajstić information content (AvgIpc) is 2.17. The van der Waals surface area contributed by atoms with E-state index in [4.69, 9.17) is 9.84 Å². The molecule has 0 aliphatic rings. The lowest BCUT2D eigenvalue weighted by Crippen LogP contribution is -2.31. The number of hydrogen-bond donors (Lipinski definition) is 2. The number of rotatable bonds is 9. The molecule has 0 heterocycles. The molecule has 0 aromatic rings. The zero-order valence-electron chi connectivity index (χ0n) is 9.75. The topological polar surface area (TPSA) is 41.5 Å². The first kappa shape index (κ1) is 13.9. The van der Waals surface area contributed by atoms with Crippen LogP contribution >= 0.6 is 0 Å². The molecular weight excluding hydrogens is 178 g/mol. The average molecular weight is 203 g/mol. The molecule has 0 spiro atoms. The third-order valence-corrected chi connectivity index (χ3v) is 2.39. The van der Waals surface area contributed by atoms with E-state index in [2.05, 4.69) is 19.2 Å². The van der Waals surface area contributed by atoms with E-state index in [9.17, 15) is 0 Å². The Morgan fingerprint density at radius 2 is 2.00 bits per heavy atom. The van der Waals surface area contributed by atoms with E-state index in [1.165, 1.54) is 12.8 Å². The van der Waals surface area contributed by atoms with E-state index in [1.54, 1.807) is 0 Å². The minimum atomic E-state index is 0.222. The summed E-state index contributed by atoms with van der Waals surface area (Å²) in [7, 11) is 1.90. The van der Waals surface area contributed by atoms with Crippen LogP contribution in [0.3, 0.4) is 0 Å². The van der Waals surface area contributed by atoms with E-state index in [0.29, 0.717) is 12.5 Å². The lowest BCUT2D eigenvalue weighted by Gasteiger charge is -2.17. The van der Waals surface area contributed by atoms with Gasteiger partial charge in [-0.2, -0.15) is 0 Å². The summed E-state index contributed by atoms with van der Waals surface area (Å²) in [5.74, 6) is 0.645. The summed E-state index contributed by atoms with van der Waals surface area (Å²) in [6, 6.07) is 0.286. The van der Waals surface area contributed by atoms with Crippen LogP contribution in [0, 0.1) is 5.92 Å². The molecule has 2 unspecified atom stereocenters. The second-order valence-electron chi connectivity index (χ2n) is 3.93. The Morgan fingerprint density at radius 3 is 2.50 bits per heavy atom. The summed E-state index contributed by atoms with van der Waals surface area (Å²) in [6.45, 7) is 6.16. The highest BCUT2D eigenvalue weighted by Crippen LogP contribution is 2.05. The molecule has 3 heteroatoms. The van der Waals surface area contributed by atoms with Crippen molar-refractivity contribution in [3.63, 3.8) is 0 Å². The fourth-order valence-electron chi connectivity index (χ4n) is 1.45. The molecule has 0 rings (SSSR count). The van der Waals surface area contributed by atoms with Gasteiger partial charge in [0.1, 0.15) is 0 Å². The van der Waals surface area contributed by atoms with Crippen molar-refractivity contribution in [2.24, 2.45) is 5.92 Å². The predicted molar refractivity (Wildman–Crippen MR) is 59.4 cm³/mol. The smallest absolute Gasteiger partial charge is 0.0620 e. The Labute approximate surface area is 87.8 Å². The van der Waals surface area contributed by atoms with Gasteiger partial charge in [0.15, 0.2) is 0 Å². The van der Waals surface area contributed by atoms with Gasteiger partial charge in [-0.25, -0.2) is 0 Å². The zero-order chi connectivity index (χ0) is 10.8. The molecule has 2 atom stereocenters. The Kier molecular flexibility index (Phi) is 9.35. The number of likely N-dealkylation sites (N-methyl/N-ethyl adjacent to an activating group) is 1. The maximum Gasteiger partial charge on any atom is 0.0620 e. The maximum atomic E-state index is 8.76. The van der Waals surface area contributed by atoms with E-state index < -0.39 is 0 Å². The number of aliphatic hydroxyl groups is 1. The molecule has 14 heavy (non-hydrogen) atoms. The monoisotopic (exact) mass is 203 g/mol. The molecular formula is C11H25NO2. The number of ether oxygens (including phenoxy) is 1. The summed E-state index contributed by atoms with van der Waals surface area (Å²) in [5, 5.41) is 11.9. The SMILES string of the molecule is CCCC(C)COCC(CCO)NC. The minimum absolute atomic E-state index is 0.222. The molecule has 0 saturated heterocycles. The molecule has 2 N–H and O–H groups in total. The summed E-state index contributed by atoms with van der Waals surface area (Å²) in [5.41, 5.74) is 0. The third kappa shape index (κ3) is 7.30. The van der Waals surface area contributed by atoms with Gasteiger partial charge in [-0.05, 0) is 25.8 Å². The first-order valence-electron chi connectivity index (χ1n) is 5.60. The first-order chi connectivity index (χ1) is 6.74. The summed E-state index contributed by atoms with van der Waals surface area (Å²) >= 11 is 0. The van der Waals surface area contributed by atoms with Gasteiger partial charge >= 0.3 is 0 Å². The van der Waals surface area contributed by atoms with Crippen LogP contribution in [-0.4, -0.2) is 38.0 Å². The van der Waals surface area contributed by atoms with Crippen molar-refractivity contribution >= 4 is 0 Å². The standard InChI is InChI=1S/C11H25NO2/c1-4-5-10(2)8-14-9-11(12-3)6-7-13/h10-13H,4-9H2,1-3H3. The highest BCUT2D eigenvalue weighted by atomic mass is 16.5. The molecule has 0 amide bonds. The lowest BCUT2D eigenvalue weighted by atomic mass is 10.1. The third-order valence-electron chi connectivity index (χ3n) is 2.39. The molecule has 3 nitrogen and oxygen atoms in total. The maximum absolute atomic E-state index is 8.76. The minimum Gasteiger partial charge on any atom is -0.396 e. The van der Waals surface area contributed by atoms with Crippen LogP contribution in [0.25, 0.3) is 0 Å². The molecule has 0 bridgehead atoms. The number of nitrogens with one attached hydrogen (secondary N) is 1. The highest BCUT2D eigenvalue weighted by Gasteiger charge is 2.06. The van der Waals surface area contributed by atoms with Gasteiger partial charge in [0, 0.05) is 19.3 Å². The van der Waals surface area contributed by atoms with Gasteiger partial charge in [0.25, 0.3) is 0 Å². The first-order valence-corrected chi connectivity index (χ1v) is 5.60. The van der Waals surface area contributed by atoms with Crippen molar-refractivity contribution < 1.29 is 9.84 Å². The molecule has 0 radical (unpaired) electrons. The molecule has 0 aromatic carbocycles. The Hall–Kier alpha value is -0.120. The van der Waals surface area contributed by atoms with E-state index in [1.807, 2.05) is 7.05 Å². The predicted octanol–water partition coefficient (Wildman–Crippen LogP) is 1.41. The van der Waals surface area contributed by atoms with Gasteiger partial charge in [-0.1, -0.05) is 20.3 Å². The van der Waals surface area contributed by atoms with Crippen LogP contribution in [0.15, 0.2) is 0 Å². The molecule has 0 aromatic heterocycles. The van der Waals surface area contributed by atoms with Gasteiger partial charge < -0.3 is 15.2 Å². The van der Waals surface area contributed by atoms with Crippen molar-refractivity contribution in [3.8, 4) is 0 Å². The van der Waals surface area contributed by atoms with E-state index in [-0.39, 0.29) is 12.6 Å². The van der Waals surface area contributed by atoms with Gasteiger partial charge in [0.2, 0.25) is 0 Å². The number of hydrogen-bond acceptors (Lipinski definition) is 3. The molecule has 0 saturated carbocycles. The zero-order valence-corrected chi connectivity index (χ0v) is 9.75. The van der Waals surface area contributed by atoms with Crippen molar-refractivity contribution in [3.05, 3.63) is 0 Å². The Bertz CT molecular complexity index is 120. The largest absolute Gasteiger partial charge is 0.396 e. The molecule has 0 aliphatic carbocycles. The Balaban J connectivity index is 3.40. The van der Waals surface area contributed by atoms with Gasteiger partial charge in [-0.3, -0.25) is 0 Å². The van der Waals surface area contributed by atoms with Gasteiger partial charge in [-0.15, -0.1) is 0 Å². The van der Waals surface area contributed by atoms with Crippen molar-refractivity contribution in [2.45, 2.75) is 39.2 Å². The van der Waals surface area contributed by atoms with Crippen molar-refractivity contribution in [2.75, 3.05) is 26.9 Å². The van der Waals surface area contributed by atoms with Crippen LogP contribution in [0.1, 0.15) is 33.1 Å². The fraction of sp³-hybridized carbons (Fsp3) is 1.00. The van der Waals surface area contributed by atoms with Gasteiger partial charge in [0.05, 0.1) is 6.61 Å². The summed E-state index contributed by atoms with van der Waals surface area (Å²) in [4.78, 5) is 0. The molecule has 0 fully saturated rings. The Morgan fingerprint density at radius 1 is 1.29 bits per heavy atom.